The maximum absolute atomic E-state index is 10.4. The molecule has 0 heterocycles. The summed E-state index contributed by atoms with van der Waals surface area (Å²) in [4.78, 5) is 10.4. The zero-order chi connectivity index (χ0) is 15.2. The SMILES string of the molecule is C[C@@H](O)CCCCCCCCCCC[C@H](O)CC(=O)O. The molecular weight excluding hydrogens is 256 g/mol. The second kappa shape index (κ2) is 13.4. The minimum absolute atomic E-state index is 0.132. The van der Waals surface area contributed by atoms with Gasteiger partial charge in [0, 0.05) is 0 Å². The average molecular weight is 288 g/mol. The molecule has 0 aliphatic rings. The van der Waals surface area contributed by atoms with Crippen LogP contribution in [0.25, 0.3) is 0 Å². The van der Waals surface area contributed by atoms with Crippen LogP contribution in [0.1, 0.15) is 84.0 Å². The van der Waals surface area contributed by atoms with Crippen molar-refractivity contribution in [3.63, 3.8) is 0 Å². The molecule has 0 spiro atoms. The van der Waals surface area contributed by atoms with Gasteiger partial charge in [-0.3, -0.25) is 4.79 Å². The predicted molar refractivity (Wildman–Crippen MR) is 80.7 cm³/mol. The van der Waals surface area contributed by atoms with Crippen LogP contribution in [0.15, 0.2) is 0 Å². The van der Waals surface area contributed by atoms with Crippen LogP contribution in [0.3, 0.4) is 0 Å². The molecule has 2 atom stereocenters. The van der Waals surface area contributed by atoms with Gasteiger partial charge in [-0.25, -0.2) is 0 Å². The molecule has 0 saturated carbocycles. The van der Waals surface area contributed by atoms with Crippen molar-refractivity contribution in [1.29, 1.82) is 0 Å². The molecule has 0 aromatic rings. The first kappa shape index (κ1) is 19.4. The molecule has 20 heavy (non-hydrogen) atoms. The molecule has 3 N–H and O–H groups in total. The molecular formula is C16H32O4. The van der Waals surface area contributed by atoms with Gasteiger partial charge in [-0.2, -0.15) is 0 Å². The topological polar surface area (TPSA) is 77.8 Å². The Bertz CT molecular complexity index is 229. The third kappa shape index (κ3) is 15.4. The number of aliphatic carboxylic acids is 1. The Labute approximate surface area is 123 Å². The number of hydrogen-bond acceptors (Lipinski definition) is 3. The van der Waals surface area contributed by atoms with E-state index in [2.05, 4.69) is 0 Å². The third-order valence-electron chi connectivity index (χ3n) is 3.57. The van der Waals surface area contributed by atoms with E-state index in [0.717, 1.165) is 25.7 Å². The van der Waals surface area contributed by atoms with Crippen LogP contribution >= 0.6 is 0 Å². The Balaban J connectivity index is 3.11. The highest BCUT2D eigenvalue weighted by Crippen LogP contribution is 2.13. The second-order valence-corrected chi connectivity index (χ2v) is 5.86. The van der Waals surface area contributed by atoms with Gasteiger partial charge >= 0.3 is 5.97 Å². The van der Waals surface area contributed by atoms with E-state index in [9.17, 15) is 9.90 Å². The van der Waals surface area contributed by atoms with Crippen LogP contribution in [-0.2, 0) is 4.79 Å². The van der Waals surface area contributed by atoms with Gasteiger partial charge in [0.1, 0.15) is 0 Å². The Morgan fingerprint density at radius 2 is 1.20 bits per heavy atom. The molecule has 0 amide bonds. The summed E-state index contributed by atoms with van der Waals surface area (Å²) in [7, 11) is 0. The van der Waals surface area contributed by atoms with Gasteiger partial charge in [0.05, 0.1) is 18.6 Å². The van der Waals surface area contributed by atoms with E-state index < -0.39 is 12.1 Å². The summed E-state index contributed by atoms with van der Waals surface area (Å²) < 4.78 is 0. The van der Waals surface area contributed by atoms with Crippen LogP contribution in [0, 0.1) is 0 Å². The Kier molecular flexibility index (Phi) is 13.0. The first-order chi connectivity index (χ1) is 9.52. The predicted octanol–water partition coefficient (Wildman–Crippen LogP) is 3.49. The van der Waals surface area contributed by atoms with Gasteiger partial charge in [0.25, 0.3) is 0 Å². The number of hydrogen-bond donors (Lipinski definition) is 3. The standard InChI is InChI=1S/C16H32O4/c1-14(17)11-9-7-5-3-2-4-6-8-10-12-15(18)13-16(19)20/h14-15,17-18H,2-13H2,1H3,(H,19,20)/t14-,15+/m1/s1. The molecule has 120 valence electrons. The van der Waals surface area contributed by atoms with E-state index in [1.165, 1.54) is 38.5 Å². The maximum Gasteiger partial charge on any atom is 0.305 e. The summed E-state index contributed by atoms with van der Waals surface area (Å²) in [6.45, 7) is 1.84. The minimum atomic E-state index is -0.923. The average Bonchev–Trinajstić information content (AvgIpc) is 2.34. The van der Waals surface area contributed by atoms with Crippen molar-refractivity contribution in [3.05, 3.63) is 0 Å². The van der Waals surface area contributed by atoms with Gasteiger partial charge in [-0.1, -0.05) is 57.8 Å². The molecule has 0 rings (SSSR count). The van der Waals surface area contributed by atoms with Gasteiger partial charge in [0.15, 0.2) is 0 Å². The molecule has 0 fully saturated rings. The summed E-state index contributed by atoms with van der Waals surface area (Å²) in [5.74, 6) is -0.923. The number of aliphatic hydroxyl groups is 2. The molecule has 0 bridgehead atoms. The number of aliphatic hydroxyl groups excluding tert-OH is 2. The first-order valence-electron chi connectivity index (χ1n) is 8.10. The summed E-state index contributed by atoms with van der Waals surface area (Å²) in [6.07, 6.45) is 11.1. The Morgan fingerprint density at radius 3 is 1.60 bits per heavy atom. The monoisotopic (exact) mass is 288 g/mol. The molecule has 0 saturated heterocycles. The van der Waals surface area contributed by atoms with Gasteiger partial charge in [-0.05, 0) is 19.8 Å². The van der Waals surface area contributed by atoms with E-state index in [0.29, 0.717) is 6.42 Å². The number of carboxylic acids is 1. The van der Waals surface area contributed by atoms with Crippen molar-refractivity contribution in [3.8, 4) is 0 Å². The van der Waals surface area contributed by atoms with Crippen LogP contribution in [0.2, 0.25) is 0 Å². The van der Waals surface area contributed by atoms with E-state index in [1.807, 2.05) is 6.92 Å². The lowest BCUT2D eigenvalue weighted by Crippen LogP contribution is -2.12. The van der Waals surface area contributed by atoms with Crippen LogP contribution in [0.5, 0.6) is 0 Å². The summed E-state index contributed by atoms with van der Waals surface area (Å²) in [6, 6.07) is 0. The highest BCUT2D eigenvalue weighted by molar-refractivity contribution is 5.67. The van der Waals surface area contributed by atoms with Crippen molar-refractivity contribution in [2.24, 2.45) is 0 Å². The van der Waals surface area contributed by atoms with Crippen LogP contribution in [0.4, 0.5) is 0 Å². The third-order valence-corrected chi connectivity index (χ3v) is 3.57. The van der Waals surface area contributed by atoms with Crippen molar-refractivity contribution in [2.45, 2.75) is 96.2 Å². The van der Waals surface area contributed by atoms with Crippen LogP contribution in [-0.4, -0.2) is 33.5 Å². The highest BCUT2D eigenvalue weighted by atomic mass is 16.4. The molecule has 0 aliphatic carbocycles. The smallest absolute Gasteiger partial charge is 0.305 e. The fourth-order valence-corrected chi connectivity index (χ4v) is 2.36. The van der Waals surface area contributed by atoms with Crippen molar-refractivity contribution in [1.82, 2.24) is 0 Å². The second-order valence-electron chi connectivity index (χ2n) is 5.86. The lowest BCUT2D eigenvalue weighted by molar-refractivity contribution is -0.139. The Hall–Kier alpha value is -0.610. The number of rotatable bonds is 14. The molecule has 0 aliphatic heterocycles. The fraction of sp³-hybridized carbons (Fsp3) is 0.938. The summed E-state index contributed by atoms with van der Waals surface area (Å²) in [5.41, 5.74) is 0. The molecule has 4 heteroatoms. The van der Waals surface area contributed by atoms with E-state index >= 15 is 0 Å². The normalized spacial score (nSPS) is 14.2. The van der Waals surface area contributed by atoms with Gasteiger partial charge < -0.3 is 15.3 Å². The molecule has 0 aromatic heterocycles. The molecule has 4 nitrogen and oxygen atoms in total. The van der Waals surface area contributed by atoms with Crippen molar-refractivity contribution < 1.29 is 20.1 Å². The quantitative estimate of drug-likeness (QED) is 0.428. The van der Waals surface area contributed by atoms with Crippen molar-refractivity contribution in [2.75, 3.05) is 0 Å². The van der Waals surface area contributed by atoms with Crippen molar-refractivity contribution >= 4 is 5.97 Å². The zero-order valence-electron chi connectivity index (χ0n) is 12.9. The summed E-state index contributed by atoms with van der Waals surface area (Å²) >= 11 is 0. The van der Waals surface area contributed by atoms with E-state index in [4.69, 9.17) is 10.2 Å². The lowest BCUT2D eigenvalue weighted by Gasteiger charge is -2.07. The largest absolute Gasteiger partial charge is 0.481 e. The highest BCUT2D eigenvalue weighted by Gasteiger charge is 2.08. The van der Waals surface area contributed by atoms with Gasteiger partial charge in [0.2, 0.25) is 0 Å². The van der Waals surface area contributed by atoms with Gasteiger partial charge in [-0.15, -0.1) is 0 Å². The van der Waals surface area contributed by atoms with E-state index in [-0.39, 0.29) is 12.5 Å². The first-order valence-corrected chi connectivity index (χ1v) is 8.10. The Morgan fingerprint density at radius 1 is 0.800 bits per heavy atom. The maximum atomic E-state index is 10.4. The summed E-state index contributed by atoms with van der Waals surface area (Å²) in [5, 5.41) is 27.0. The lowest BCUT2D eigenvalue weighted by atomic mass is 10.0. The number of carboxylic acid groups (broad SMARTS) is 1. The van der Waals surface area contributed by atoms with E-state index in [1.54, 1.807) is 0 Å². The number of carbonyl (C=O) groups is 1. The fourth-order valence-electron chi connectivity index (χ4n) is 2.36. The zero-order valence-corrected chi connectivity index (χ0v) is 12.9. The number of unbranched alkanes of at least 4 members (excludes halogenated alkanes) is 8. The minimum Gasteiger partial charge on any atom is -0.481 e. The molecule has 0 aromatic carbocycles. The molecule has 0 radical (unpaired) electrons. The molecule has 0 unspecified atom stereocenters. The van der Waals surface area contributed by atoms with Crippen LogP contribution < -0.4 is 0 Å².